The smallest absolute Gasteiger partial charge is 0.416 e. The molecule has 29 heavy (non-hydrogen) atoms. The molecule has 0 heterocycles. The highest BCUT2D eigenvalue weighted by Crippen LogP contribution is 2.33. The van der Waals surface area contributed by atoms with Crippen LogP contribution in [0.5, 0.6) is 5.75 Å². The molecular formula is C17H15F4IN2O4S. The third-order valence-corrected chi connectivity index (χ3v) is 4.87. The Bertz CT molecular complexity index is 1010. The normalized spacial score (nSPS) is 11.8. The number of rotatable bonds is 7. The van der Waals surface area contributed by atoms with Crippen LogP contribution < -0.4 is 14.8 Å². The van der Waals surface area contributed by atoms with Crippen LogP contribution in [0, 0.1) is 9.39 Å². The number of sulfonamides is 1. The Morgan fingerprint density at radius 2 is 1.86 bits per heavy atom. The number of hydrogen-bond acceptors (Lipinski definition) is 4. The first-order chi connectivity index (χ1) is 13.3. The minimum Gasteiger partial charge on any atom is -0.483 e. The number of anilines is 1. The molecule has 0 aliphatic heterocycles. The Hall–Kier alpha value is -2.09. The third kappa shape index (κ3) is 7.34. The van der Waals surface area contributed by atoms with Crippen molar-refractivity contribution in [2.75, 3.05) is 17.6 Å². The fraction of sp³-hybridized carbons (Fsp3) is 0.235. The van der Waals surface area contributed by atoms with Crippen molar-refractivity contribution in [2.24, 2.45) is 0 Å². The molecule has 0 unspecified atom stereocenters. The van der Waals surface area contributed by atoms with Gasteiger partial charge in [0, 0.05) is 6.54 Å². The third-order valence-electron chi connectivity index (χ3n) is 3.44. The molecule has 0 saturated carbocycles. The second-order valence-electron chi connectivity index (χ2n) is 5.90. The summed E-state index contributed by atoms with van der Waals surface area (Å²) < 4.78 is 81.5. The van der Waals surface area contributed by atoms with Crippen LogP contribution in [0.2, 0.25) is 0 Å². The zero-order valence-electron chi connectivity index (χ0n) is 14.8. The lowest BCUT2D eigenvalue weighted by atomic mass is 10.2. The average Bonchev–Trinajstić information content (AvgIpc) is 2.59. The molecule has 0 fully saturated rings. The van der Waals surface area contributed by atoms with Gasteiger partial charge >= 0.3 is 6.18 Å². The van der Waals surface area contributed by atoms with E-state index in [1.807, 2.05) is 4.72 Å². The first-order valence-corrected chi connectivity index (χ1v) is 10.8. The summed E-state index contributed by atoms with van der Waals surface area (Å²) >= 11 is 1.67. The van der Waals surface area contributed by atoms with Gasteiger partial charge in [-0.25, -0.2) is 12.8 Å². The molecule has 2 aromatic rings. The molecule has 6 nitrogen and oxygen atoms in total. The Morgan fingerprint density at radius 3 is 2.41 bits per heavy atom. The average molecular weight is 546 g/mol. The zero-order chi connectivity index (χ0) is 21.8. The summed E-state index contributed by atoms with van der Waals surface area (Å²) in [7, 11) is -3.63. The summed E-state index contributed by atoms with van der Waals surface area (Å²) in [6.07, 6.45) is -3.59. The van der Waals surface area contributed by atoms with Crippen molar-refractivity contribution in [3.05, 3.63) is 56.9 Å². The van der Waals surface area contributed by atoms with Gasteiger partial charge in [-0.3, -0.25) is 9.52 Å². The number of halogens is 5. The Kier molecular flexibility index (Phi) is 7.32. The molecular weight excluding hydrogens is 531 g/mol. The maximum Gasteiger partial charge on any atom is 0.416 e. The summed E-state index contributed by atoms with van der Waals surface area (Å²) in [5, 5.41) is 2.47. The van der Waals surface area contributed by atoms with Gasteiger partial charge in [-0.15, -0.1) is 0 Å². The molecule has 0 saturated heterocycles. The minimum absolute atomic E-state index is 0.0532. The van der Waals surface area contributed by atoms with Crippen LogP contribution in [0.1, 0.15) is 11.1 Å². The van der Waals surface area contributed by atoms with Crippen LogP contribution in [0.3, 0.4) is 0 Å². The van der Waals surface area contributed by atoms with Gasteiger partial charge in [-0.1, -0.05) is 6.07 Å². The topological polar surface area (TPSA) is 84.5 Å². The lowest BCUT2D eigenvalue weighted by Gasteiger charge is -2.12. The highest BCUT2D eigenvalue weighted by atomic mass is 127. The van der Waals surface area contributed by atoms with Gasteiger partial charge in [0.1, 0.15) is 11.6 Å². The van der Waals surface area contributed by atoms with E-state index in [0.717, 1.165) is 30.5 Å². The number of amides is 1. The van der Waals surface area contributed by atoms with Crippen molar-refractivity contribution in [3.8, 4) is 5.75 Å². The van der Waals surface area contributed by atoms with Crippen LogP contribution >= 0.6 is 22.6 Å². The Labute approximate surface area is 177 Å². The number of hydrogen-bond donors (Lipinski definition) is 2. The van der Waals surface area contributed by atoms with E-state index < -0.39 is 40.1 Å². The quantitative estimate of drug-likeness (QED) is 0.412. The standard InChI is InChI=1S/C17H15F4IN2O4S/c1-29(26,27)24-14-4-2-10(6-12(14)18)8-23-16(25)9-28-15-5-3-11(7-13(15)22)17(19,20)21/h2-7,24H,8-9H2,1H3,(H,23,25). The van der Waals surface area contributed by atoms with E-state index in [0.29, 0.717) is 5.56 Å². The highest BCUT2D eigenvalue weighted by Gasteiger charge is 2.31. The van der Waals surface area contributed by atoms with Crippen molar-refractivity contribution in [1.29, 1.82) is 0 Å². The summed E-state index contributed by atoms with van der Waals surface area (Å²) in [6.45, 7) is -0.500. The monoisotopic (exact) mass is 546 g/mol. The van der Waals surface area contributed by atoms with E-state index in [4.69, 9.17) is 4.74 Å². The lowest BCUT2D eigenvalue weighted by molar-refractivity contribution is -0.137. The van der Waals surface area contributed by atoms with Crippen molar-refractivity contribution in [3.63, 3.8) is 0 Å². The summed E-state index contributed by atoms with van der Waals surface area (Å²) in [5.41, 5.74) is -0.670. The SMILES string of the molecule is CS(=O)(=O)Nc1ccc(CNC(=O)COc2ccc(C(F)(F)F)cc2I)cc1F. The molecule has 0 atom stereocenters. The number of ether oxygens (including phenoxy) is 1. The first-order valence-electron chi connectivity index (χ1n) is 7.87. The predicted octanol–water partition coefficient (Wildman–Crippen LogP) is 3.52. The second-order valence-corrected chi connectivity index (χ2v) is 8.81. The van der Waals surface area contributed by atoms with Crippen LogP contribution in [-0.4, -0.2) is 27.2 Å². The Morgan fingerprint density at radius 1 is 1.17 bits per heavy atom. The highest BCUT2D eigenvalue weighted by molar-refractivity contribution is 14.1. The molecule has 158 valence electrons. The van der Waals surface area contributed by atoms with Gasteiger partial charge < -0.3 is 10.1 Å². The van der Waals surface area contributed by atoms with Gasteiger partial charge in [0.15, 0.2) is 6.61 Å². The first kappa shape index (κ1) is 23.2. The molecule has 2 N–H and O–H groups in total. The number of carbonyl (C=O) groups excluding carboxylic acids is 1. The zero-order valence-corrected chi connectivity index (χ0v) is 17.8. The van der Waals surface area contributed by atoms with E-state index in [-0.39, 0.29) is 21.6 Å². The number of alkyl halides is 3. The fourth-order valence-corrected chi connectivity index (χ4v) is 3.38. The molecule has 0 aliphatic rings. The van der Waals surface area contributed by atoms with Crippen LogP contribution in [0.25, 0.3) is 0 Å². The van der Waals surface area contributed by atoms with Crippen molar-refractivity contribution in [2.45, 2.75) is 12.7 Å². The largest absolute Gasteiger partial charge is 0.483 e. The molecule has 0 bridgehead atoms. The van der Waals surface area contributed by atoms with E-state index in [1.54, 1.807) is 22.6 Å². The van der Waals surface area contributed by atoms with Gasteiger partial charge in [-0.2, -0.15) is 13.2 Å². The van der Waals surface area contributed by atoms with E-state index in [2.05, 4.69) is 5.32 Å². The summed E-state index contributed by atoms with van der Waals surface area (Å²) in [6, 6.07) is 6.59. The molecule has 0 aliphatic carbocycles. The van der Waals surface area contributed by atoms with Crippen LogP contribution in [0.15, 0.2) is 36.4 Å². The fourth-order valence-electron chi connectivity index (χ4n) is 2.14. The van der Waals surface area contributed by atoms with E-state index in [1.165, 1.54) is 12.1 Å². The Balaban J connectivity index is 1.90. The van der Waals surface area contributed by atoms with Gasteiger partial charge in [0.2, 0.25) is 10.0 Å². The van der Waals surface area contributed by atoms with Crippen molar-refractivity contribution < 1.29 is 35.5 Å². The molecule has 1 amide bonds. The maximum atomic E-state index is 13.9. The van der Waals surface area contributed by atoms with Crippen LogP contribution in [0.4, 0.5) is 23.2 Å². The molecule has 2 rings (SSSR count). The van der Waals surface area contributed by atoms with E-state index >= 15 is 0 Å². The van der Waals surface area contributed by atoms with Gasteiger partial charge in [-0.05, 0) is 58.5 Å². The second kappa shape index (κ2) is 9.15. The van der Waals surface area contributed by atoms with Gasteiger partial charge in [0.05, 0.1) is 21.1 Å². The maximum absolute atomic E-state index is 13.9. The van der Waals surface area contributed by atoms with Crippen molar-refractivity contribution in [1.82, 2.24) is 5.32 Å². The molecule has 0 aromatic heterocycles. The van der Waals surface area contributed by atoms with E-state index in [9.17, 15) is 30.8 Å². The molecule has 0 radical (unpaired) electrons. The van der Waals surface area contributed by atoms with Crippen LogP contribution in [-0.2, 0) is 27.5 Å². The van der Waals surface area contributed by atoms with Crippen molar-refractivity contribution >= 4 is 44.2 Å². The summed E-state index contributed by atoms with van der Waals surface area (Å²) in [5.74, 6) is -1.26. The minimum atomic E-state index is -4.47. The number of nitrogens with one attached hydrogen (secondary N) is 2. The molecule has 2 aromatic carbocycles. The van der Waals surface area contributed by atoms with Gasteiger partial charge in [0.25, 0.3) is 5.91 Å². The molecule has 0 spiro atoms. The number of benzene rings is 2. The number of carbonyl (C=O) groups is 1. The predicted molar refractivity (Wildman–Crippen MR) is 106 cm³/mol. The molecule has 12 heteroatoms. The lowest BCUT2D eigenvalue weighted by Crippen LogP contribution is -2.28. The summed E-state index contributed by atoms with van der Waals surface area (Å²) in [4.78, 5) is 11.9.